The number of hydrogen-bond acceptors (Lipinski definition) is 3. The zero-order valence-electron chi connectivity index (χ0n) is 10.2. The number of aryl methyl sites for hydroxylation is 1. The van der Waals surface area contributed by atoms with Gasteiger partial charge in [0.2, 0.25) is 0 Å². The molecular weight excluding hydrogens is 236 g/mol. The Labute approximate surface area is 107 Å². The van der Waals surface area contributed by atoms with E-state index in [2.05, 4.69) is 10.2 Å². The number of nitrogens with one attached hydrogen (secondary N) is 1. The van der Waals surface area contributed by atoms with Gasteiger partial charge in [-0.1, -0.05) is 18.5 Å². The average Bonchev–Trinajstić information content (AvgIpc) is 2.34. The summed E-state index contributed by atoms with van der Waals surface area (Å²) in [5.74, 6) is 0.412. The summed E-state index contributed by atoms with van der Waals surface area (Å²) in [5, 5.41) is 14.2. The third-order valence-corrected chi connectivity index (χ3v) is 3.44. The molecule has 2 N–H and O–H groups in total. The minimum absolute atomic E-state index is 0.412. The molecule has 17 heavy (non-hydrogen) atoms. The Morgan fingerprint density at radius 1 is 1.29 bits per heavy atom. The van der Waals surface area contributed by atoms with E-state index in [-0.39, 0.29) is 0 Å². The van der Waals surface area contributed by atoms with Gasteiger partial charge < -0.3 is 10.4 Å². The number of phenolic OH excluding ortho intramolecular Hbond substituents is 1. The highest BCUT2D eigenvalue weighted by atomic mass is 35.5. The molecule has 0 aliphatic carbocycles. The van der Waals surface area contributed by atoms with E-state index in [1.807, 2.05) is 19.1 Å². The molecule has 3 nitrogen and oxygen atoms in total. The Bertz CT molecular complexity index is 389. The molecule has 0 radical (unpaired) electrons. The highest BCUT2D eigenvalue weighted by molar-refractivity contribution is 6.30. The number of nitrogens with zero attached hydrogens (tertiary/aromatic N) is 1. The van der Waals surface area contributed by atoms with E-state index >= 15 is 0 Å². The summed E-state index contributed by atoms with van der Waals surface area (Å²) in [6, 6.07) is 3.72. The summed E-state index contributed by atoms with van der Waals surface area (Å²) in [6.45, 7) is 6.88. The summed E-state index contributed by atoms with van der Waals surface area (Å²) >= 11 is 6.08. The number of hydrogen-bond donors (Lipinski definition) is 2. The number of aromatic hydroxyl groups is 1. The quantitative estimate of drug-likeness (QED) is 0.866. The average molecular weight is 255 g/mol. The molecule has 0 saturated carbocycles. The second-order valence-electron chi connectivity index (χ2n) is 4.45. The number of halogens is 1. The normalized spacial score (nSPS) is 17.3. The van der Waals surface area contributed by atoms with Crippen molar-refractivity contribution in [1.29, 1.82) is 0 Å². The molecule has 0 bridgehead atoms. The molecule has 2 rings (SSSR count). The highest BCUT2D eigenvalue weighted by Crippen LogP contribution is 2.28. The lowest BCUT2D eigenvalue weighted by Gasteiger charge is -2.27. The van der Waals surface area contributed by atoms with Gasteiger partial charge in [0.15, 0.2) is 0 Å². The molecule has 1 aliphatic heterocycles. The lowest BCUT2D eigenvalue weighted by atomic mass is 10.1. The van der Waals surface area contributed by atoms with E-state index in [0.29, 0.717) is 10.8 Å². The molecule has 1 heterocycles. The number of rotatable bonds is 3. The Balaban J connectivity index is 2.16. The van der Waals surface area contributed by atoms with E-state index < -0.39 is 0 Å². The van der Waals surface area contributed by atoms with Crippen LogP contribution >= 0.6 is 11.6 Å². The van der Waals surface area contributed by atoms with E-state index in [9.17, 15) is 5.11 Å². The molecule has 1 saturated heterocycles. The maximum atomic E-state index is 10.1. The molecule has 0 aromatic heterocycles. The first-order valence-electron chi connectivity index (χ1n) is 6.14. The van der Waals surface area contributed by atoms with E-state index in [1.165, 1.54) is 0 Å². The number of benzene rings is 1. The van der Waals surface area contributed by atoms with E-state index in [4.69, 9.17) is 11.6 Å². The predicted octanol–water partition coefficient (Wildman–Crippen LogP) is 2.01. The van der Waals surface area contributed by atoms with Crippen molar-refractivity contribution in [3.8, 4) is 5.75 Å². The van der Waals surface area contributed by atoms with Crippen LogP contribution in [0.3, 0.4) is 0 Å². The van der Waals surface area contributed by atoms with Crippen molar-refractivity contribution >= 4 is 11.6 Å². The van der Waals surface area contributed by atoms with Crippen LogP contribution in [0.2, 0.25) is 5.02 Å². The maximum Gasteiger partial charge on any atom is 0.123 e. The number of phenols is 1. The van der Waals surface area contributed by atoms with Gasteiger partial charge in [-0.05, 0) is 24.1 Å². The van der Waals surface area contributed by atoms with Crippen LogP contribution in [-0.4, -0.2) is 36.2 Å². The standard InChI is InChI=1S/C13H19ClN2O/c1-2-10-7-12(14)8-11(13(10)17)9-16-5-3-15-4-6-16/h7-8,15,17H,2-6,9H2,1H3. The van der Waals surface area contributed by atoms with Gasteiger partial charge in [0.25, 0.3) is 0 Å². The summed E-state index contributed by atoms with van der Waals surface area (Å²) in [6.07, 6.45) is 0.806. The Hall–Kier alpha value is -0.770. The molecule has 4 heteroatoms. The zero-order chi connectivity index (χ0) is 12.3. The fourth-order valence-electron chi connectivity index (χ4n) is 2.22. The summed E-state index contributed by atoms with van der Waals surface area (Å²) < 4.78 is 0. The zero-order valence-corrected chi connectivity index (χ0v) is 10.9. The lowest BCUT2D eigenvalue weighted by Crippen LogP contribution is -2.42. The van der Waals surface area contributed by atoms with Crippen molar-refractivity contribution in [1.82, 2.24) is 10.2 Å². The van der Waals surface area contributed by atoms with Crippen LogP contribution in [0, 0.1) is 0 Å². The van der Waals surface area contributed by atoms with Crippen molar-refractivity contribution in [2.75, 3.05) is 26.2 Å². The van der Waals surface area contributed by atoms with Crippen LogP contribution in [0.4, 0.5) is 0 Å². The first-order chi connectivity index (χ1) is 8.20. The fraction of sp³-hybridized carbons (Fsp3) is 0.538. The minimum atomic E-state index is 0.412. The van der Waals surface area contributed by atoms with Gasteiger partial charge >= 0.3 is 0 Å². The number of piperazine rings is 1. The fourth-order valence-corrected chi connectivity index (χ4v) is 2.48. The Morgan fingerprint density at radius 2 is 1.94 bits per heavy atom. The Morgan fingerprint density at radius 3 is 2.59 bits per heavy atom. The van der Waals surface area contributed by atoms with Crippen LogP contribution in [0.25, 0.3) is 0 Å². The topological polar surface area (TPSA) is 35.5 Å². The highest BCUT2D eigenvalue weighted by Gasteiger charge is 2.14. The van der Waals surface area contributed by atoms with Gasteiger partial charge in [-0.15, -0.1) is 0 Å². The third kappa shape index (κ3) is 3.12. The third-order valence-electron chi connectivity index (χ3n) is 3.22. The van der Waals surface area contributed by atoms with Gasteiger partial charge in [-0.2, -0.15) is 0 Å². The van der Waals surface area contributed by atoms with Gasteiger partial charge in [-0.3, -0.25) is 4.90 Å². The minimum Gasteiger partial charge on any atom is -0.507 e. The summed E-state index contributed by atoms with van der Waals surface area (Å²) in [4.78, 5) is 2.33. The first kappa shape index (κ1) is 12.7. The molecule has 0 amide bonds. The largest absolute Gasteiger partial charge is 0.507 e. The molecule has 0 atom stereocenters. The van der Waals surface area contributed by atoms with E-state index in [1.54, 1.807) is 0 Å². The van der Waals surface area contributed by atoms with Crippen LogP contribution in [0.15, 0.2) is 12.1 Å². The second kappa shape index (κ2) is 5.71. The van der Waals surface area contributed by atoms with Crippen LogP contribution in [-0.2, 0) is 13.0 Å². The van der Waals surface area contributed by atoms with Crippen LogP contribution < -0.4 is 5.32 Å². The summed E-state index contributed by atoms with van der Waals surface area (Å²) in [7, 11) is 0. The SMILES string of the molecule is CCc1cc(Cl)cc(CN2CCNCC2)c1O. The molecule has 1 aromatic rings. The molecule has 1 fully saturated rings. The van der Waals surface area contributed by atoms with Crippen molar-refractivity contribution < 1.29 is 5.11 Å². The van der Waals surface area contributed by atoms with Gasteiger partial charge in [0.1, 0.15) is 5.75 Å². The van der Waals surface area contributed by atoms with Crippen molar-refractivity contribution in [3.05, 3.63) is 28.3 Å². The molecule has 94 valence electrons. The van der Waals surface area contributed by atoms with Crippen molar-refractivity contribution in [3.63, 3.8) is 0 Å². The van der Waals surface area contributed by atoms with Crippen molar-refractivity contribution in [2.45, 2.75) is 19.9 Å². The molecule has 1 aromatic carbocycles. The van der Waals surface area contributed by atoms with Crippen LogP contribution in [0.1, 0.15) is 18.1 Å². The predicted molar refractivity (Wildman–Crippen MR) is 70.6 cm³/mol. The van der Waals surface area contributed by atoms with E-state index in [0.717, 1.165) is 50.3 Å². The molecule has 1 aliphatic rings. The van der Waals surface area contributed by atoms with Crippen LogP contribution in [0.5, 0.6) is 5.75 Å². The van der Waals surface area contributed by atoms with Gasteiger partial charge in [-0.25, -0.2) is 0 Å². The smallest absolute Gasteiger partial charge is 0.123 e. The lowest BCUT2D eigenvalue weighted by molar-refractivity contribution is 0.230. The van der Waals surface area contributed by atoms with Gasteiger partial charge in [0.05, 0.1) is 0 Å². The maximum absolute atomic E-state index is 10.1. The molecular formula is C13H19ClN2O. The van der Waals surface area contributed by atoms with Crippen molar-refractivity contribution in [2.24, 2.45) is 0 Å². The first-order valence-corrected chi connectivity index (χ1v) is 6.52. The molecule has 0 unspecified atom stereocenters. The Kier molecular flexibility index (Phi) is 4.26. The monoisotopic (exact) mass is 254 g/mol. The molecule has 0 spiro atoms. The second-order valence-corrected chi connectivity index (χ2v) is 4.89. The van der Waals surface area contributed by atoms with Gasteiger partial charge in [0, 0.05) is 43.3 Å². The summed E-state index contributed by atoms with van der Waals surface area (Å²) in [5.41, 5.74) is 1.87.